The summed E-state index contributed by atoms with van der Waals surface area (Å²) in [7, 11) is 0. The van der Waals surface area contributed by atoms with E-state index in [2.05, 4.69) is 0 Å². The van der Waals surface area contributed by atoms with Crippen molar-refractivity contribution < 1.29 is 13.6 Å². The van der Waals surface area contributed by atoms with Crippen LogP contribution in [0.1, 0.15) is 27.0 Å². The molecule has 0 atom stereocenters. The number of carbonyl (C=O) groups excluding carboxylic acids is 1. The third-order valence-electron chi connectivity index (χ3n) is 3.06. The molecule has 0 unspecified atom stereocenters. The highest BCUT2D eigenvalue weighted by Gasteiger charge is 2.13. The molecule has 2 rings (SSSR count). The van der Waals surface area contributed by atoms with Gasteiger partial charge in [0.15, 0.2) is 5.78 Å². The Morgan fingerprint density at radius 2 is 1.79 bits per heavy atom. The van der Waals surface area contributed by atoms with Crippen molar-refractivity contribution >= 4 is 5.78 Å². The number of benzene rings is 2. The minimum atomic E-state index is -0.682. The van der Waals surface area contributed by atoms with Crippen molar-refractivity contribution in [2.45, 2.75) is 20.3 Å². The number of Topliss-reactive ketones (excluding diaryl/α,β-unsaturated/α-hetero) is 1. The molecule has 98 valence electrons. The summed E-state index contributed by atoms with van der Waals surface area (Å²) in [6, 6.07) is 8.85. The molecule has 0 fully saturated rings. The summed E-state index contributed by atoms with van der Waals surface area (Å²) < 4.78 is 26.3. The van der Waals surface area contributed by atoms with Gasteiger partial charge in [0.05, 0.1) is 0 Å². The van der Waals surface area contributed by atoms with Gasteiger partial charge in [-0.2, -0.15) is 0 Å². The summed E-state index contributed by atoms with van der Waals surface area (Å²) in [6.07, 6.45) is -0.0591. The number of halogens is 2. The van der Waals surface area contributed by atoms with Gasteiger partial charge in [-0.05, 0) is 37.1 Å². The fourth-order valence-electron chi connectivity index (χ4n) is 1.97. The monoisotopic (exact) mass is 260 g/mol. The lowest BCUT2D eigenvalue weighted by molar-refractivity contribution is 0.0991. The first-order valence-corrected chi connectivity index (χ1v) is 6.02. The quantitative estimate of drug-likeness (QED) is 0.762. The molecule has 1 nitrogen and oxygen atoms in total. The Hall–Kier alpha value is -2.03. The summed E-state index contributed by atoms with van der Waals surface area (Å²) in [6.45, 7) is 3.74. The van der Waals surface area contributed by atoms with Crippen LogP contribution in [0.25, 0.3) is 0 Å². The molecular formula is C16H14F2O. The predicted octanol–water partition coefficient (Wildman–Crippen LogP) is 4.01. The largest absolute Gasteiger partial charge is 0.294 e. The first kappa shape index (κ1) is 13.4. The van der Waals surface area contributed by atoms with Crippen LogP contribution in [0.5, 0.6) is 0 Å². The van der Waals surface area contributed by atoms with Crippen molar-refractivity contribution in [3.8, 4) is 0 Å². The molecule has 2 aromatic carbocycles. The third-order valence-corrected chi connectivity index (χ3v) is 3.06. The minimum Gasteiger partial charge on any atom is -0.294 e. The van der Waals surface area contributed by atoms with Crippen LogP contribution in [0.3, 0.4) is 0 Å². The molecule has 0 saturated heterocycles. The molecule has 19 heavy (non-hydrogen) atoms. The number of rotatable bonds is 3. The SMILES string of the molecule is Cc1ccc(C)c(C(=O)Cc2ccc(F)cc2F)c1. The van der Waals surface area contributed by atoms with Gasteiger partial charge < -0.3 is 0 Å². The van der Waals surface area contributed by atoms with E-state index in [0.717, 1.165) is 23.3 Å². The van der Waals surface area contributed by atoms with E-state index in [9.17, 15) is 13.6 Å². The van der Waals surface area contributed by atoms with Gasteiger partial charge in [-0.1, -0.05) is 23.8 Å². The highest BCUT2D eigenvalue weighted by atomic mass is 19.1. The fourth-order valence-corrected chi connectivity index (χ4v) is 1.97. The smallest absolute Gasteiger partial charge is 0.167 e. The van der Waals surface area contributed by atoms with Gasteiger partial charge in [0.1, 0.15) is 11.6 Å². The highest BCUT2D eigenvalue weighted by molar-refractivity contribution is 5.99. The highest BCUT2D eigenvalue weighted by Crippen LogP contribution is 2.16. The molecule has 0 aliphatic carbocycles. The first-order valence-electron chi connectivity index (χ1n) is 6.02. The van der Waals surface area contributed by atoms with E-state index in [1.165, 1.54) is 6.07 Å². The summed E-state index contributed by atoms with van der Waals surface area (Å²) in [5.41, 5.74) is 2.64. The average molecular weight is 260 g/mol. The normalized spacial score (nSPS) is 10.5. The van der Waals surface area contributed by atoms with Crippen molar-refractivity contribution in [3.63, 3.8) is 0 Å². The van der Waals surface area contributed by atoms with Crippen LogP contribution in [0.2, 0.25) is 0 Å². The van der Waals surface area contributed by atoms with Crippen LogP contribution in [-0.2, 0) is 6.42 Å². The lowest BCUT2D eigenvalue weighted by atomic mass is 9.97. The molecule has 0 aliphatic heterocycles. The molecular weight excluding hydrogens is 246 g/mol. The number of hydrogen-bond acceptors (Lipinski definition) is 1. The van der Waals surface area contributed by atoms with Crippen LogP contribution < -0.4 is 0 Å². The Balaban J connectivity index is 2.28. The minimum absolute atomic E-state index is 0.0591. The molecule has 0 radical (unpaired) electrons. The molecule has 0 aliphatic rings. The van der Waals surface area contributed by atoms with Gasteiger partial charge >= 0.3 is 0 Å². The van der Waals surface area contributed by atoms with E-state index < -0.39 is 11.6 Å². The standard InChI is InChI=1S/C16H14F2O/c1-10-3-4-11(2)14(7-10)16(19)8-12-5-6-13(17)9-15(12)18/h3-7,9H,8H2,1-2H3. The van der Waals surface area contributed by atoms with E-state index >= 15 is 0 Å². The van der Waals surface area contributed by atoms with E-state index in [1.807, 2.05) is 26.0 Å². The van der Waals surface area contributed by atoms with Crippen molar-refractivity contribution in [1.29, 1.82) is 0 Å². The molecule has 0 spiro atoms. The second-order valence-corrected chi connectivity index (χ2v) is 4.65. The molecule has 0 N–H and O–H groups in total. The van der Waals surface area contributed by atoms with Crippen molar-refractivity contribution in [3.05, 3.63) is 70.3 Å². The summed E-state index contributed by atoms with van der Waals surface area (Å²) in [5.74, 6) is -1.48. The number of aryl methyl sites for hydroxylation is 2. The van der Waals surface area contributed by atoms with Crippen LogP contribution >= 0.6 is 0 Å². The maximum absolute atomic E-state index is 13.5. The summed E-state index contributed by atoms with van der Waals surface area (Å²) in [4.78, 5) is 12.2. The maximum Gasteiger partial charge on any atom is 0.167 e. The van der Waals surface area contributed by atoms with Crippen LogP contribution in [-0.4, -0.2) is 5.78 Å². The fraction of sp³-hybridized carbons (Fsp3) is 0.188. The molecule has 3 heteroatoms. The summed E-state index contributed by atoms with van der Waals surface area (Å²) >= 11 is 0. The van der Waals surface area contributed by atoms with Gasteiger partial charge in [0.2, 0.25) is 0 Å². The Morgan fingerprint density at radius 3 is 2.47 bits per heavy atom. The van der Waals surface area contributed by atoms with Crippen molar-refractivity contribution in [2.24, 2.45) is 0 Å². The molecule has 0 heterocycles. The molecule has 0 saturated carbocycles. The average Bonchev–Trinajstić information content (AvgIpc) is 2.35. The van der Waals surface area contributed by atoms with E-state index in [1.54, 1.807) is 6.07 Å². The Morgan fingerprint density at radius 1 is 1.05 bits per heavy atom. The molecule has 2 aromatic rings. The van der Waals surface area contributed by atoms with E-state index in [-0.39, 0.29) is 17.8 Å². The van der Waals surface area contributed by atoms with Gasteiger partial charge in [-0.25, -0.2) is 8.78 Å². The lowest BCUT2D eigenvalue weighted by Gasteiger charge is -2.07. The topological polar surface area (TPSA) is 17.1 Å². The van der Waals surface area contributed by atoms with Gasteiger partial charge in [0, 0.05) is 18.1 Å². The number of ketones is 1. The zero-order valence-electron chi connectivity index (χ0n) is 10.8. The van der Waals surface area contributed by atoms with Gasteiger partial charge in [-0.3, -0.25) is 4.79 Å². The Bertz CT molecular complexity index is 633. The molecule has 0 bridgehead atoms. The third kappa shape index (κ3) is 3.05. The summed E-state index contributed by atoms with van der Waals surface area (Å²) in [5, 5.41) is 0. The van der Waals surface area contributed by atoms with Crippen LogP contribution in [0, 0.1) is 25.5 Å². The zero-order chi connectivity index (χ0) is 14.0. The van der Waals surface area contributed by atoms with Crippen molar-refractivity contribution in [2.75, 3.05) is 0 Å². The van der Waals surface area contributed by atoms with E-state index in [0.29, 0.717) is 5.56 Å². The molecule has 0 amide bonds. The van der Waals surface area contributed by atoms with E-state index in [4.69, 9.17) is 0 Å². The number of carbonyl (C=O) groups is 1. The predicted molar refractivity (Wildman–Crippen MR) is 70.3 cm³/mol. The van der Waals surface area contributed by atoms with Gasteiger partial charge in [-0.15, -0.1) is 0 Å². The van der Waals surface area contributed by atoms with Crippen LogP contribution in [0.15, 0.2) is 36.4 Å². The number of hydrogen-bond donors (Lipinski definition) is 0. The Labute approximate surface area is 110 Å². The van der Waals surface area contributed by atoms with Gasteiger partial charge in [0.25, 0.3) is 0 Å². The lowest BCUT2D eigenvalue weighted by Crippen LogP contribution is -2.07. The molecule has 0 aromatic heterocycles. The second-order valence-electron chi connectivity index (χ2n) is 4.65. The maximum atomic E-state index is 13.5. The van der Waals surface area contributed by atoms with Crippen molar-refractivity contribution in [1.82, 2.24) is 0 Å². The van der Waals surface area contributed by atoms with Crippen LogP contribution in [0.4, 0.5) is 8.78 Å². The Kier molecular flexibility index (Phi) is 3.74. The first-order chi connectivity index (χ1) is 8.97. The second kappa shape index (κ2) is 5.31. The zero-order valence-corrected chi connectivity index (χ0v) is 10.8.